The standard InChI is InChI=1S/C31H60N2O10/c1-11-13-30(6,37)27(43-29-24(34)23(33(8)9)15-19(3)42-29)20(4)25(40-14-12-18(2)39-10)21(5)28(36)41-17-31(7,38)26(35)22-16-32-22/h18-27,29,32,34-35,37-38H,11-17H2,1-10H3. The number of nitrogens with one attached hydrogen (secondary N) is 1. The van der Waals surface area contributed by atoms with Crippen molar-refractivity contribution >= 4 is 5.97 Å². The first-order valence-electron chi connectivity index (χ1n) is 15.8. The SMILES string of the molecule is CCCC(C)(O)C(OC1OC(C)CC(N(C)C)C1O)C(C)C(OCCC(C)OC)C(C)C(=O)OCC(C)(O)C(O)C1CN1. The molecule has 0 aromatic rings. The van der Waals surface area contributed by atoms with Gasteiger partial charge in [0.2, 0.25) is 0 Å². The van der Waals surface area contributed by atoms with Crippen LogP contribution in [0.3, 0.4) is 0 Å². The highest BCUT2D eigenvalue weighted by molar-refractivity contribution is 5.72. The van der Waals surface area contributed by atoms with Gasteiger partial charge in [0.15, 0.2) is 6.29 Å². The van der Waals surface area contributed by atoms with Crippen LogP contribution in [0.5, 0.6) is 0 Å². The number of likely N-dealkylation sites (N-methyl/N-ethyl adjacent to an activating group) is 1. The van der Waals surface area contributed by atoms with Crippen molar-refractivity contribution in [1.29, 1.82) is 0 Å². The minimum Gasteiger partial charge on any atom is -0.462 e. The van der Waals surface area contributed by atoms with Crippen LogP contribution in [-0.4, -0.2) is 138 Å². The van der Waals surface area contributed by atoms with E-state index in [-0.39, 0.29) is 30.9 Å². The van der Waals surface area contributed by atoms with Crippen LogP contribution >= 0.6 is 0 Å². The van der Waals surface area contributed by atoms with Crippen molar-refractivity contribution in [3.8, 4) is 0 Å². The van der Waals surface area contributed by atoms with E-state index in [1.165, 1.54) is 6.92 Å². The zero-order chi connectivity index (χ0) is 32.7. The molecular weight excluding hydrogens is 560 g/mol. The molecule has 2 aliphatic heterocycles. The Morgan fingerprint density at radius 1 is 1.16 bits per heavy atom. The summed E-state index contributed by atoms with van der Waals surface area (Å²) >= 11 is 0. The van der Waals surface area contributed by atoms with Gasteiger partial charge < -0.3 is 54.3 Å². The second-order valence-corrected chi connectivity index (χ2v) is 13.5. The van der Waals surface area contributed by atoms with E-state index in [2.05, 4.69) is 5.32 Å². The minimum absolute atomic E-state index is 0.0729. The fraction of sp³-hybridized carbons (Fsp3) is 0.968. The number of esters is 1. The van der Waals surface area contributed by atoms with Crippen molar-refractivity contribution in [2.45, 2.75) is 140 Å². The predicted molar refractivity (Wildman–Crippen MR) is 161 cm³/mol. The van der Waals surface area contributed by atoms with Crippen LogP contribution in [0.25, 0.3) is 0 Å². The summed E-state index contributed by atoms with van der Waals surface area (Å²) in [6.45, 7) is 12.9. The number of carbonyl (C=O) groups is 1. The number of aliphatic hydroxyl groups is 4. The Morgan fingerprint density at radius 3 is 2.33 bits per heavy atom. The Morgan fingerprint density at radius 2 is 1.79 bits per heavy atom. The monoisotopic (exact) mass is 620 g/mol. The molecule has 12 nitrogen and oxygen atoms in total. The second kappa shape index (κ2) is 16.6. The van der Waals surface area contributed by atoms with Gasteiger partial charge in [-0.15, -0.1) is 0 Å². The number of methoxy groups -OCH3 is 1. The molecule has 13 unspecified atom stereocenters. The molecule has 0 saturated carbocycles. The molecule has 2 saturated heterocycles. The van der Waals surface area contributed by atoms with Crippen LogP contribution in [-0.2, 0) is 28.5 Å². The summed E-state index contributed by atoms with van der Waals surface area (Å²) in [5.41, 5.74) is -2.98. The van der Waals surface area contributed by atoms with E-state index < -0.39 is 66.3 Å². The average Bonchev–Trinajstić information content (AvgIpc) is 3.78. The Hall–Kier alpha value is -0.930. The normalized spacial score (nSPS) is 31.3. The lowest BCUT2D eigenvalue weighted by Crippen LogP contribution is -2.59. The molecule has 0 aliphatic carbocycles. The molecule has 5 N–H and O–H groups in total. The molecule has 2 heterocycles. The van der Waals surface area contributed by atoms with Gasteiger partial charge in [0, 0.05) is 38.3 Å². The topological polar surface area (TPSA) is 169 Å². The Labute approximate surface area is 258 Å². The van der Waals surface area contributed by atoms with Crippen LogP contribution < -0.4 is 5.32 Å². The highest BCUT2D eigenvalue weighted by Gasteiger charge is 2.48. The fourth-order valence-electron chi connectivity index (χ4n) is 5.99. The molecule has 0 aromatic carbocycles. The Kier molecular flexibility index (Phi) is 14.7. The molecule has 0 radical (unpaired) electrons. The summed E-state index contributed by atoms with van der Waals surface area (Å²) in [4.78, 5) is 15.3. The van der Waals surface area contributed by atoms with E-state index in [0.717, 1.165) is 0 Å². The van der Waals surface area contributed by atoms with Crippen molar-refractivity contribution in [3.63, 3.8) is 0 Å². The fourth-order valence-corrected chi connectivity index (χ4v) is 5.99. The van der Waals surface area contributed by atoms with E-state index in [4.69, 9.17) is 23.7 Å². The van der Waals surface area contributed by atoms with Gasteiger partial charge in [-0.1, -0.05) is 20.3 Å². The maximum absolute atomic E-state index is 13.4. The summed E-state index contributed by atoms with van der Waals surface area (Å²) in [7, 11) is 5.41. The van der Waals surface area contributed by atoms with Crippen molar-refractivity contribution in [3.05, 3.63) is 0 Å². The first kappa shape index (κ1) is 38.3. The van der Waals surface area contributed by atoms with E-state index in [1.54, 1.807) is 21.0 Å². The molecule has 0 aromatic heterocycles. The van der Waals surface area contributed by atoms with Gasteiger partial charge in [-0.2, -0.15) is 0 Å². The molecule has 13 atom stereocenters. The number of ether oxygens (including phenoxy) is 5. The van der Waals surface area contributed by atoms with Gasteiger partial charge in [-0.3, -0.25) is 4.79 Å². The zero-order valence-electron chi connectivity index (χ0n) is 28.0. The molecule has 2 rings (SSSR count). The number of nitrogens with zero attached hydrogens (tertiary/aromatic N) is 1. The quantitative estimate of drug-likeness (QED) is 0.103. The number of hydrogen-bond acceptors (Lipinski definition) is 12. The average molecular weight is 621 g/mol. The molecule has 0 amide bonds. The maximum Gasteiger partial charge on any atom is 0.311 e. The molecule has 2 fully saturated rings. The number of carbonyl (C=O) groups excluding carboxylic acids is 1. The Bertz CT molecular complexity index is 839. The number of aliphatic hydroxyl groups excluding tert-OH is 2. The molecule has 12 heteroatoms. The van der Waals surface area contributed by atoms with E-state index >= 15 is 0 Å². The van der Waals surface area contributed by atoms with E-state index in [0.29, 0.717) is 32.2 Å². The smallest absolute Gasteiger partial charge is 0.311 e. The largest absolute Gasteiger partial charge is 0.462 e. The lowest BCUT2D eigenvalue weighted by molar-refractivity contribution is -0.299. The lowest BCUT2D eigenvalue weighted by Gasteiger charge is -2.46. The highest BCUT2D eigenvalue weighted by Crippen LogP contribution is 2.35. The van der Waals surface area contributed by atoms with E-state index in [9.17, 15) is 25.2 Å². The number of hydrogen-bond donors (Lipinski definition) is 5. The van der Waals surface area contributed by atoms with Crippen LogP contribution in [0.4, 0.5) is 0 Å². The summed E-state index contributed by atoms with van der Waals surface area (Å²) in [5, 5.41) is 47.0. The predicted octanol–water partition coefficient (Wildman–Crippen LogP) is 1.06. The second-order valence-electron chi connectivity index (χ2n) is 13.5. The van der Waals surface area contributed by atoms with Gasteiger partial charge >= 0.3 is 5.97 Å². The Balaban J connectivity index is 2.33. The number of rotatable bonds is 19. The van der Waals surface area contributed by atoms with Crippen molar-refractivity contribution in [1.82, 2.24) is 10.2 Å². The van der Waals surface area contributed by atoms with Crippen LogP contribution in [0.1, 0.15) is 74.1 Å². The molecular formula is C31H60N2O10. The van der Waals surface area contributed by atoms with Gasteiger partial charge in [-0.25, -0.2) is 0 Å². The third-order valence-electron chi connectivity index (χ3n) is 8.99. The van der Waals surface area contributed by atoms with E-state index in [1.807, 2.05) is 46.7 Å². The molecule has 0 spiro atoms. The minimum atomic E-state index is -1.63. The summed E-state index contributed by atoms with van der Waals surface area (Å²) < 4.78 is 29.8. The van der Waals surface area contributed by atoms with Crippen molar-refractivity contribution < 1.29 is 48.9 Å². The lowest BCUT2D eigenvalue weighted by atomic mass is 9.79. The summed E-state index contributed by atoms with van der Waals surface area (Å²) in [6.07, 6.45) is -2.69. The molecule has 2 aliphatic rings. The summed E-state index contributed by atoms with van der Waals surface area (Å²) in [5.74, 6) is -2.00. The van der Waals surface area contributed by atoms with Gasteiger partial charge in [-0.05, 0) is 68.0 Å². The molecule has 0 bridgehead atoms. The third-order valence-corrected chi connectivity index (χ3v) is 8.99. The summed E-state index contributed by atoms with van der Waals surface area (Å²) in [6, 6.07) is -0.442. The maximum atomic E-state index is 13.4. The van der Waals surface area contributed by atoms with Gasteiger partial charge in [0.05, 0.1) is 35.9 Å². The molecule has 254 valence electrons. The van der Waals surface area contributed by atoms with Gasteiger partial charge in [0.1, 0.15) is 24.4 Å². The van der Waals surface area contributed by atoms with Crippen LogP contribution in [0, 0.1) is 11.8 Å². The van der Waals surface area contributed by atoms with Crippen molar-refractivity contribution in [2.24, 2.45) is 11.8 Å². The van der Waals surface area contributed by atoms with Crippen LogP contribution in [0.15, 0.2) is 0 Å². The van der Waals surface area contributed by atoms with Crippen molar-refractivity contribution in [2.75, 3.05) is 41.0 Å². The first-order valence-corrected chi connectivity index (χ1v) is 15.8. The van der Waals surface area contributed by atoms with Crippen LogP contribution in [0.2, 0.25) is 0 Å². The zero-order valence-corrected chi connectivity index (χ0v) is 28.0. The van der Waals surface area contributed by atoms with Gasteiger partial charge in [0.25, 0.3) is 0 Å². The highest BCUT2D eigenvalue weighted by atomic mass is 16.7. The molecule has 43 heavy (non-hydrogen) atoms. The first-order chi connectivity index (χ1) is 20.0. The third kappa shape index (κ3) is 10.8.